The monoisotopic (exact) mass is 879 g/mol. The van der Waals surface area contributed by atoms with E-state index in [2.05, 4.69) is 191 Å². The van der Waals surface area contributed by atoms with Crippen LogP contribution in [0.5, 0.6) is 23.0 Å². The van der Waals surface area contributed by atoms with Crippen molar-refractivity contribution in [2.24, 2.45) is 21.7 Å². The third-order valence-electron chi connectivity index (χ3n) is 16.0. The summed E-state index contributed by atoms with van der Waals surface area (Å²) in [6.07, 6.45) is 11.9. The minimum Gasteiger partial charge on any atom is -0.497 e. The van der Waals surface area contributed by atoms with E-state index in [1.165, 1.54) is 64.5 Å². The van der Waals surface area contributed by atoms with Gasteiger partial charge in [0.1, 0.15) is 23.0 Å². The zero-order valence-corrected chi connectivity index (χ0v) is 41.6. The molecule has 0 bridgehead atoms. The first-order valence-corrected chi connectivity index (χ1v) is 24.5. The molecule has 66 heavy (non-hydrogen) atoms. The normalized spacial score (nSPS) is 21.8. The molecule has 1 spiro atoms. The summed E-state index contributed by atoms with van der Waals surface area (Å²) in [6, 6.07) is 40.4. The lowest BCUT2D eigenvalue weighted by molar-refractivity contribution is 0.0641. The van der Waals surface area contributed by atoms with Crippen LogP contribution in [-0.4, -0.2) is 20.3 Å². The fourth-order valence-electron chi connectivity index (χ4n) is 14.5. The summed E-state index contributed by atoms with van der Waals surface area (Å²) in [4.78, 5) is 0. The van der Waals surface area contributed by atoms with Crippen molar-refractivity contribution in [2.45, 2.75) is 131 Å². The highest BCUT2D eigenvalue weighted by molar-refractivity contribution is 6.10. The fourth-order valence-corrected chi connectivity index (χ4v) is 14.5. The molecule has 0 amide bonds. The maximum atomic E-state index is 8.01. The topological polar surface area (TPSA) is 36.9 Å². The molecule has 1 unspecified atom stereocenters. The Morgan fingerprint density at radius 3 is 1.83 bits per heavy atom. The van der Waals surface area contributed by atoms with Crippen molar-refractivity contribution in [3.05, 3.63) is 149 Å². The Bertz CT molecular complexity index is 2820. The van der Waals surface area contributed by atoms with Crippen LogP contribution in [0.2, 0.25) is 0 Å². The van der Waals surface area contributed by atoms with Crippen LogP contribution in [0.15, 0.2) is 115 Å². The van der Waals surface area contributed by atoms with E-state index in [1.54, 1.807) is 14.2 Å². The van der Waals surface area contributed by atoms with Gasteiger partial charge in [-0.2, -0.15) is 0 Å². The van der Waals surface area contributed by atoms with Gasteiger partial charge in [0.25, 0.3) is 0 Å². The first kappa shape index (κ1) is 44.4. The molecule has 0 N–H and O–H groups in total. The number of fused-ring (bicyclic) bond motifs is 10. The van der Waals surface area contributed by atoms with Gasteiger partial charge in [-0.1, -0.05) is 141 Å². The van der Waals surface area contributed by atoms with E-state index in [-0.39, 0.29) is 33.2 Å². The summed E-state index contributed by atoms with van der Waals surface area (Å²) in [5, 5.41) is 2.23. The van der Waals surface area contributed by atoms with Crippen molar-refractivity contribution in [2.75, 3.05) is 14.2 Å². The number of rotatable bonds is 8. The van der Waals surface area contributed by atoms with Gasteiger partial charge < -0.3 is 18.9 Å². The summed E-state index contributed by atoms with van der Waals surface area (Å²) >= 11 is 0. The van der Waals surface area contributed by atoms with Gasteiger partial charge in [0.2, 0.25) is 0 Å². The smallest absolute Gasteiger partial charge is 0.178 e. The minimum atomic E-state index is -0.932. The number of benzene rings is 6. The summed E-state index contributed by atoms with van der Waals surface area (Å²) in [7, 11) is 3.52. The molecule has 1 heterocycles. The molecule has 6 aromatic carbocycles. The summed E-state index contributed by atoms with van der Waals surface area (Å²) in [5.74, 6) is 3.83. The third kappa shape index (κ3) is 7.15. The first-order valence-electron chi connectivity index (χ1n) is 24.5. The molecule has 0 radical (unpaired) electrons. The molecule has 4 nitrogen and oxygen atoms in total. The zero-order valence-electron chi connectivity index (χ0n) is 41.6. The predicted molar refractivity (Wildman–Crippen MR) is 273 cm³/mol. The van der Waals surface area contributed by atoms with Crippen LogP contribution in [-0.2, 0) is 11.0 Å². The van der Waals surface area contributed by atoms with Crippen LogP contribution in [0.25, 0.3) is 39.1 Å². The Morgan fingerprint density at radius 2 is 1.23 bits per heavy atom. The lowest BCUT2D eigenvalue weighted by Gasteiger charge is -2.52. The van der Waals surface area contributed by atoms with E-state index in [4.69, 9.17) is 18.9 Å². The van der Waals surface area contributed by atoms with Crippen LogP contribution in [0.4, 0.5) is 0 Å². The van der Waals surface area contributed by atoms with Crippen molar-refractivity contribution in [3.63, 3.8) is 0 Å². The summed E-state index contributed by atoms with van der Waals surface area (Å²) in [5.41, 5.74) is 11.8. The molecule has 2 fully saturated rings. The van der Waals surface area contributed by atoms with Crippen molar-refractivity contribution in [1.29, 1.82) is 0 Å². The van der Waals surface area contributed by atoms with Crippen molar-refractivity contribution in [1.82, 2.24) is 0 Å². The lowest BCUT2D eigenvalue weighted by Crippen LogP contribution is -2.44. The van der Waals surface area contributed by atoms with Crippen molar-refractivity contribution >= 4 is 16.8 Å². The molecule has 1 atom stereocenters. The molecule has 2 saturated carbocycles. The van der Waals surface area contributed by atoms with Crippen LogP contribution in [0, 0.1) is 21.7 Å². The van der Waals surface area contributed by atoms with E-state index in [1.807, 2.05) is 0 Å². The number of methoxy groups -OCH3 is 2. The van der Waals surface area contributed by atoms with Crippen LogP contribution in [0.3, 0.4) is 0 Å². The van der Waals surface area contributed by atoms with E-state index in [0.29, 0.717) is 5.92 Å². The van der Waals surface area contributed by atoms with Gasteiger partial charge in [-0.25, -0.2) is 0 Å². The Hall–Kier alpha value is -5.48. The second-order valence-electron chi connectivity index (χ2n) is 23.6. The predicted octanol–water partition coefficient (Wildman–Crippen LogP) is 16.5. The third-order valence-corrected chi connectivity index (χ3v) is 16.0. The average molecular weight is 879 g/mol. The van der Waals surface area contributed by atoms with Gasteiger partial charge in [-0.3, -0.25) is 0 Å². The molecule has 1 aliphatic heterocycles. The molecule has 4 aliphatic rings. The number of hydrogen-bond donors (Lipinski definition) is 0. The van der Waals surface area contributed by atoms with Crippen molar-refractivity contribution < 1.29 is 18.9 Å². The molecule has 6 aromatic rings. The average Bonchev–Trinajstić information content (AvgIpc) is 3.52. The molecule has 0 aromatic heterocycles. The Balaban J connectivity index is 1.25. The van der Waals surface area contributed by atoms with Gasteiger partial charge in [-0.05, 0) is 155 Å². The van der Waals surface area contributed by atoms with Gasteiger partial charge in [0, 0.05) is 33.1 Å². The molecule has 4 heteroatoms. The van der Waals surface area contributed by atoms with E-state index in [9.17, 15) is 0 Å². The van der Waals surface area contributed by atoms with Crippen LogP contribution in [0.1, 0.15) is 147 Å². The van der Waals surface area contributed by atoms with E-state index < -0.39 is 5.60 Å². The van der Waals surface area contributed by atoms with Gasteiger partial charge >= 0.3 is 0 Å². The van der Waals surface area contributed by atoms with Gasteiger partial charge in [0.05, 0.1) is 20.3 Å². The molecule has 3 aliphatic carbocycles. The van der Waals surface area contributed by atoms with Crippen LogP contribution >= 0.6 is 0 Å². The SMILES string of the molecule is COc1ccc(C2(c3ccc(C4C(C)(C)CCCC4(C)C)cc3)C=Cc3c4c(c5cc(-c6ccc(OC(C)C)cc6)c(OC)cc5c3O2)-c2ccccc2C42CC(C)(C)CC(C)(C)C2)cc1. The number of ether oxygens (including phenoxy) is 4. The second-order valence-corrected chi connectivity index (χ2v) is 23.6. The summed E-state index contributed by atoms with van der Waals surface area (Å²) in [6.45, 7) is 23.9. The number of hydrogen-bond acceptors (Lipinski definition) is 4. The molecule has 342 valence electrons. The van der Waals surface area contributed by atoms with Gasteiger partial charge in [-0.15, -0.1) is 0 Å². The maximum absolute atomic E-state index is 8.01. The zero-order chi connectivity index (χ0) is 46.6. The second kappa shape index (κ2) is 15.5. The largest absolute Gasteiger partial charge is 0.497 e. The Kier molecular flexibility index (Phi) is 10.4. The van der Waals surface area contributed by atoms with E-state index in [0.717, 1.165) is 63.5 Å². The quantitative estimate of drug-likeness (QED) is 0.153. The molecule has 10 rings (SSSR count). The summed E-state index contributed by atoms with van der Waals surface area (Å²) < 4.78 is 26.2. The Morgan fingerprint density at radius 1 is 0.621 bits per heavy atom. The first-order chi connectivity index (χ1) is 31.3. The molecular formula is C62H70O4. The minimum absolute atomic E-state index is 0.0927. The van der Waals surface area contributed by atoms with Gasteiger partial charge in [0.15, 0.2) is 5.60 Å². The Labute approximate surface area is 394 Å². The van der Waals surface area contributed by atoms with Crippen LogP contribution < -0.4 is 18.9 Å². The molecular weight excluding hydrogens is 809 g/mol. The van der Waals surface area contributed by atoms with Crippen molar-refractivity contribution in [3.8, 4) is 45.3 Å². The lowest BCUT2D eigenvalue weighted by atomic mass is 9.52. The highest BCUT2D eigenvalue weighted by Crippen LogP contribution is 2.67. The highest BCUT2D eigenvalue weighted by atomic mass is 16.5. The van der Waals surface area contributed by atoms with E-state index >= 15 is 0 Å². The highest BCUT2D eigenvalue weighted by Gasteiger charge is 2.56. The maximum Gasteiger partial charge on any atom is 0.178 e. The fraction of sp³-hybridized carbons (Fsp3) is 0.419. The standard InChI is InChI=1S/C62H70O4/c1-39(2)65-45-26-20-40(21-27-45)48-34-49-50(35-52(48)64-12)55-47(54-53(49)46-16-13-14-17-51(46)61(54)37-57(3,4)36-58(5,6)38-61)30-33-62(66-55,43-24-28-44(63-11)29-25-43)42-22-18-41(19-23-42)56-59(7,8)31-15-32-60(56,9)10/h13-14,16-30,33-35,39,56H,15,31-32,36-38H2,1-12H3. The molecule has 0 saturated heterocycles.